The Morgan fingerprint density at radius 3 is 2.62 bits per heavy atom. The maximum atomic E-state index is 11.4. The van der Waals surface area contributed by atoms with Crippen molar-refractivity contribution in [2.24, 2.45) is 5.10 Å². The topological polar surface area (TPSA) is 123 Å². The third-order valence-electron chi connectivity index (χ3n) is 5.25. The first kappa shape index (κ1) is 26.6. The number of halogens is 2. The highest BCUT2D eigenvalue weighted by molar-refractivity contribution is 9.10. The molecule has 2 heterocycles. The number of hydrogen-bond donors (Lipinski definition) is 2. The summed E-state index contributed by atoms with van der Waals surface area (Å²) in [5.41, 5.74) is 5.26. The third kappa shape index (κ3) is 7.06. The van der Waals surface area contributed by atoms with Gasteiger partial charge in [0.2, 0.25) is 17.8 Å². The summed E-state index contributed by atoms with van der Waals surface area (Å²) in [4.78, 5) is 26.9. The molecule has 3 aromatic rings. The molecule has 0 saturated carbocycles. The molecule has 4 rings (SSSR count). The number of morpholine rings is 1. The van der Waals surface area contributed by atoms with E-state index in [-0.39, 0.29) is 5.95 Å². The maximum absolute atomic E-state index is 11.4. The molecule has 0 unspecified atom stereocenters. The molecule has 1 aliphatic heterocycles. The highest BCUT2D eigenvalue weighted by Crippen LogP contribution is 2.33. The molecule has 0 spiro atoms. The van der Waals surface area contributed by atoms with E-state index in [0.29, 0.717) is 64.8 Å². The lowest BCUT2D eigenvalue weighted by atomic mass is 10.2. The molecular weight excluding hydrogens is 566 g/mol. The molecule has 13 heteroatoms. The van der Waals surface area contributed by atoms with Crippen molar-refractivity contribution >= 4 is 63.2 Å². The van der Waals surface area contributed by atoms with Crippen molar-refractivity contribution in [2.45, 2.75) is 13.8 Å². The molecule has 11 nitrogen and oxygen atoms in total. The molecule has 1 aliphatic rings. The summed E-state index contributed by atoms with van der Waals surface area (Å²) >= 11 is 9.74. The zero-order valence-corrected chi connectivity index (χ0v) is 22.8. The smallest absolute Gasteiger partial charge is 0.308 e. The summed E-state index contributed by atoms with van der Waals surface area (Å²) in [6.45, 7) is 5.74. The first-order chi connectivity index (χ1) is 17.8. The minimum absolute atomic E-state index is 0.244. The van der Waals surface area contributed by atoms with Gasteiger partial charge >= 0.3 is 5.97 Å². The number of nitrogens with one attached hydrogen (secondary N) is 2. The van der Waals surface area contributed by atoms with Crippen LogP contribution in [0.2, 0.25) is 5.02 Å². The summed E-state index contributed by atoms with van der Waals surface area (Å²) < 4.78 is 16.6. The van der Waals surface area contributed by atoms with Gasteiger partial charge in [-0.2, -0.15) is 20.1 Å². The Labute approximate surface area is 227 Å². The van der Waals surface area contributed by atoms with Crippen LogP contribution in [0.4, 0.5) is 23.5 Å². The second-order valence-corrected chi connectivity index (χ2v) is 9.22. The SMILES string of the molecule is COc1cc(/C=N\Nc2nc(Nc3ccc(C)c(Cl)c3)nc(N3CCOCC3)n2)c(Br)cc1OC(C)=O. The highest BCUT2D eigenvalue weighted by atomic mass is 79.9. The largest absolute Gasteiger partial charge is 0.493 e. The van der Waals surface area contributed by atoms with Gasteiger partial charge in [-0.15, -0.1) is 0 Å². The van der Waals surface area contributed by atoms with E-state index >= 15 is 0 Å². The number of benzene rings is 2. The van der Waals surface area contributed by atoms with Crippen LogP contribution in [0.25, 0.3) is 0 Å². The number of anilines is 4. The molecule has 1 saturated heterocycles. The lowest BCUT2D eigenvalue weighted by Crippen LogP contribution is -2.37. The molecule has 1 fully saturated rings. The van der Waals surface area contributed by atoms with Crippen molar-refractivity contribution < 1.29 is 19.0 Å². The predicted octanol–water partition coefficient (Wildman–Crippen LogP) is 4.56. The van der Waals surface area contributed by atoms with E-state index in [2.05, 4.69) is 46.7 Å². The van der Waals surface area contributed by atoms with Crippen LogP contribution in [0.1, 0.15) is 18.1 Å². The Morgan fingerprint density at radius 2 is 1.92 bits per heavy atom. The number of ether oxygens (including phenoxy) is 3. The first-order valence-corrected chi connectivity index (χ1v) is 12.5. The quantitative estimate of drug-likeness (QED) is 0.167. The summed E-state index contributed by atoms with van der Waals surface area (Å²) in [5, 5.41) is 8.10. The van der Waals surface area contributed by atoms with E-state index in [0.717, 1.165) is 11.3 Å². The Morgan fingerprint density at radius 1 is 1.16 bits per heavy atom. The molecule has 194 valence electrons. The normalized spacial score (nSPS) is 13.5. The van der Waals surface area contributed by atoms with Gasteiger partial charge in [-0.3, -0.25) is 4.79 Å². The van der Waals surface area contributed by atoms with E-state index in [1.165, 1.54) is 14.0 Å². The van der Waals surface area contributed by atoms with Gasteiger partial charge in [-0.1, -0.05) is 17.7 Å². The van der Waals surface area contributed by atoms with E-state index in [9.17, 15) is 4.79 Å². The molecule has 0 amide bonds. The number of hydrazone groups is 1. The first-order valence-electron chi connectivity index (χ1n) is 11.3. The Hall–Kier alpha value is -3.48. The summed E-state index contributed by atoms with van der Waals surface area (Å²) in [7, 11) is 1.49. The molecule has 2 N–H and O–H groups in total. The number of carbonyl (C=O) groups excluding carboxylic acids is 1. The van der Waals surface area contributed by atoms with Crippen LogP contribution in [0.3, 0.4) is 0 Å². The van der Waals surface area contributed by atoms with Gasteiger partial charge in [0.15, 0.2) is 11.5 Å². The summed E-state index contributed by atoms with van der Waals surface area (Å²) in [6, 6.07) is 8.95. The fourth-order valence-electron chi connectivity index (χ4n) is 3.38. The zero-order chi connectivity index (χ0) is 26.4. The number of aryl methyl sites for hydroxylation is 1. The Bertz CT molecular complexity index is 1320. The number of nitrogens with zero attached hydrogens (tertiary/aromatic N) is 5. The average Bonchev–Trinajstić information content (AvgIpc) is 2.87. The standard InChI is InChI=1S/C24H25BrClN7O4/c1-14-4-5-17(11-19(14)26)28-22-29-23(31-24(30-22)33-6-8-36-9-7-33)32-27-13-16-10-20(35-3)21(12-18(16)25)37-15(2)34/h4-5,10-13H,6-9H2,1-3H3,(H2,28,29,30,31,32)/b27-13-. The molecule has 0 radical (unpaired) electrons. The number of aromatic nitrogens is 3. The number of methoxy groups -OCH3 is 1. The van der Waals surface area contributed by atoms with Crippen LogP contribution in [0.15, 0.2) is 39.9 Å². The number of rotatable bonds is 8. The van der Waals surface area contributed by atoms with E-state index in [1.807, 2.05) is 30.0 Å². The summed E-state index contributed by atoms with van der Waals surface area (Å²) in [6.07, 6.45) is 1.56. The van der Waals surface area contributed by atoms with E-state index < -0.39 is 5.97 Å². The predicted molar refractivity (Wildman–Crippen MR) is 146 cm³/mol. The molecule has 0 aliphatic carbocycles. The minimum Gasteiger partial charge on any atom is -0.493 e. The minimum atomic E-state index is -0.448. The van der Waals surface area contributed by atoms with E-state index in [1.54, 1.807) is 18.3 Å². The van der Waals surface area contributed by atoms with Crippen LogP contribution in [-0.4, -0.2) is 60.5 Å². The lowest BCUT2D eigenvalue weighted by Gasteiger charge is -2.27. The van der Waals surface area contributed by atoms with Gasteiger partial charge < -0.3 is 24.4 Å². The van der Waals surface area contributed by atoms with Crippen molar-refractivity contribution in [3.63, 3.8) is 0 Å². The van der Waals surface area contributed by atoms with Crippen LogP contribution < -0.4 is 25.1 Å². The Kier molecular flexibility index (Phi) is 8.74. The van der Waals surface area contributed by atoms with Crippen molar-refractivity contribution in [2.75, 3.05) is 49.1 Å². The van der Waals surface area contributed by atoms with Crippen LogP contribution >= 0.6 is 27.5 Å². The van der Waals surface area contributed by atoms with Crippen molar-refractivity contribution in [1.82, 2.24) is 15.0 Å². The highest BCUT2D eigenvalue weighted by Gasteiger charge is 2.17. The maximum Gasteiger partial charge on any atom is 0.308 e. The number of carbonyl (C=O) groups is 1. The van der Waals surface area contributed by atoms with Crippen molar-refractivity contribution in [3.05, 3.63) is 51.0 Å². The van der Waals surface area contributed by atoms with Gasteiger partial charge in [-0.05, 0) is 52.7 Å². The van der Waals surface area contributed by atoms with Crippen molar-refractivity contribution in [1.29, 1.82) is 0 Å². The Balaban J connectivity index is 1.58. The molecule has 37 heavy (non-hydrogen) atoms. The number of esters is 1. The van der Waals surface area contributed by atoms with Gasteiger partial charge in [-0.25, -0.2) is 5.43 Å². The molecule has 2 aromatic carbocycles. The molecular formula is C24H25BrClN7O4. The van der Waals surface area contributed by atoms with Gasteiger partial charge in [0.05, 0.1) is 26.5 Å². The third-order valence-corrected chi connectivity index (χ3v) is 6.34. The fraction of sp³-hybridized carbons (Fsp3) is 0.292. The lowest BCUT2D eigenvalue weighted by molar-refractivity contribution is -0.132. The second kappa shape index (κ2) is 12.2. The van der Waals surface area contributed by atoms with Gasteiger partial charge in [0.25, 0.3) is 0 Å². The molecule has 1 aromatic heterocycles. The van der Waals surface area contributed by atoms with Gasteiger partial charge in [0, 0.05) is 40.8 Å². The van der Waals surface area contributed by atoms with Crippen molar-refractivity contribution in [3.8, 4) is 11.5 Å². The van der Waals surface area contributed by atoms with Crippen LogP contribution in [0.5, 0.6) is 11.5 Å². The van der Waals surface area contributed by atoms with Crippen LogP contribution in [0, 0.1) is 6.92 Å². The van der Waals surface area contributed by atoms with Crippen LogP contribution in [-0.2, 0) is 9.53 Å². The molecule has 0 bridgehead atoms. The van der Waals surface area contributed by atoms with Gasteiger partial charge in [0.1, 0.15) is 0 Å². The van der Waals surface area contributed by atoms with E-state index in [4.69, 9.17) is 25.8 Å². The number of hydrogen-bond acceptors (Lipinski definition) is 11. The zero-order valence-electron chi connectivity index (χ0n) is 20.4. The average molecular weight is 591 g/mol. The monoisotopic (exact) mass is 589 g/mol. The summed E-state index contributed by atoms with van der Waals surface area (Å²) in [5.74, 6) is 1.31. The second-order valence-electron chi connectivity index (χ2n) is 7.96. The molecule has 0 atom stereocenters. The fourth-order valence-corrected chi connectivity index (χ4v) is 3.98.